The first-order valence-corrected chi connectivity index (χ1v) is 8.12. The van der Waals surface area contributed by atoms with Crippen LogP contribution in [0, 0.1) is 0 Å². The molecule has 0 unspecified atom stereocenters. The van der Waals surface area contributed by atoms with Crippen molar-refractivity contribution in [1.29, 1.82) is 0 Å². The third kappa shape index (κ3) is 5.58. The molecule has 0 heterocycles. The second-order valence-electron chi connectivity index (χ2n) is 5.44. The topological polar surface area (TPSA) is 67.4 Å². The number of ether oxygens (including phenoxy) is 1. The lowest BCUT2D eigenvalue weighted by atomic mass is 10.0. The van der Waals surface area contributed by atoms with Gasteiger partial charge in [-0.2, -0.15) is 0 Å². The van der Waals surface area contributed by atoms with Crippen molar-refractivity contribution in [2.45, 2.75) is 19.4 Å². The molecule has 5 heteroatoms. The number of hydrogen-bond donors (Lipinski definition) is 2. The molecule has 0 saturated heterocycles. The van der Waals surface area contributed by atoms with E-state index in [4.69, 9.17) is 4.74 Å². The Morgan fingerprint density at radius 1 is 1.00 bits per heavy atom. The molecule has 2 aromatic rings. The zero-order valence-electron chi connectivity index (χ0n) is 14.2. The van der Waals surface area contributed by atoms with Gasteiger partial charge in [-0.05, 0) is 30.2 Å². The van der Waals surface area contributed by atoms with Crippen molar-refractivity contribution >= 4 is 17.4 Å². The summed E-state index contributed by atoms with van der Waals surface area (Å²) in [5.41, 5.74) is 7.55. The van der Waals surface area contributed by atoms with Crippen LogP contribution in [0.15, 0.2) is 67.2 Å². The summed E-state index contributed by atoms with van der Waals surface area (Å²) < 4.78 is 5.08. The monoisotopic (exact) mass is 338 g/mol. The third-order valence-electron chi connectivity index (χ3n) is 3.60. The van der Waals surface area contributed by atoms with Crippen LogP contribution in [0.25, 0.3) is 5.57 Å². The summed E-state index contributed by atoms with van der Waals surface area (Å²) in [4.78, 5) is 24.3. The summed E-state index contributed by atoms with van der Waals surface area (Å²) in [6, 6.07) is 17.6. The lowest BCUT2D eigenvalue weighted by Gasteiger charge is -2.19. The van der Waals surface area contributed by atoms with Crippen LogP contribution in [0.4, 0.5) is 0 Å². The van der Waals surface area contributed by atoms with Crippen LogP contribution in [0.3, 0.4) is 0 Å². The van der Waals surface area contributed by atoms with Crippen molar-refractivity contribution in [3.05, 3.63) is 78.4 Å². The van der Waals surface area contributed by atoms with Crippen molar-refractivity contribution in [2.75, 3.05) is 6.61 Å². The van der Waals surface area contributed by atoms with Gasteiger partial charge in [0, 0.05) is 12.0 Å². The summed E-state index contributed by atoms with van der Waals surface area (Å²) in [5.74, 6) is -0.756. The van der Waals surface area contributed by atoms with E-state index >= 15 is 0 Å². The van der Waals surface area contributed by atoms with Crippen LogP contribution in [0.5, 0.6) is 0 Å². The third-order valence-corrected chi connectivity index (χ3v) is 3.60. The number of hydrazine groups is 1. The maximum absolute atomic E-state index is 12.2. The van der Waals surface area contributed by atoms with E-state index in [-0.39, 0.29) is 12.5 Å². The number of nitrogens with one attached hydrogen (secondary N) is 2. The van der Waals surface area contributed by atoms with E-state index in [9.17, 15) is 9.59 Å². The predicted octanol–water partition coefficient (Wildman–Crippen LogP) is 2.96. The molecule has 0 aromatic heterocycles. The molecule has 0 aliphatic heterocycles. The normalized spacial score (nSPS) is 11.4. The van der Waals surface area contributed by atoms with Gasteiger partial charge in [-0.15, -0.1) is 0 Å². The molecule has 1 amide bonds. The van der Waals surface area contributed by atoms with Gasteiger partial charge in [0.05, 0.1) is 6.61 Å². The van der Waals surface area contributed by atoms with Crippen LogP contribution in [-0.2, 0) is 9.53 Å². The lowest BCUT2D eigenvalue weighted by molar-refractivity contribution is -0.145. The summed E-state index contributed by atoms with van der Waals surface area (Å²) in [5, 5.41) is 0. The minimum absolute atomic E-state index is 0.265. The van der Waals surface area contributed by atoms with Gasteiger partial charge in [0.25, 0.3) is 5.91 Å². The predicted molar refractivity (Wildman–Crippen MR) is 97.6 cm³/mol. The fourth-order valence-corrected chi connectivity index (χ4v) is 2.29. The second kappa shape index (κ2) is 9.39. The smallest absolute Gasteiger partial charge is 0.325 e. The van der Waals surface area contributed by atoms with Crippen molar-refractivity contribution in [2.24, 2.45) is 0 Å². The zero-order valence-corrected chi connectivity index (χ0v) is 14.2. The average molecular weight is 338 g/mol. The van der Waals surface area contributed by atoms with Gasteiger partial charge in [0.2, 0.25) is 0 Å². The molecule has 5 nitrogen and oxygen atoms in total. The molecule has 0 radical (unpaired) electrons. The molecule has 130 valence electrons. The fourth-order valence-electron chi connectivity index (χ4n) is 2.29. The lowest BCUT2D eigenvalue weighted by Crippen LogP contribution is -2.48. The van der Waals surface area contributed by atoms with Gasteiger partial charge in [0.1, 0.15) is 6.04 Å². The molecule has 0 saturated carbocycles. The number of carbonyl (C=O) groups excluding carboxylic acids is 2. The second-order valence-corrected chi connectivity index (χ2v) is 5.44. The highest BCUT2D eigenvalue weighted by Crippen LogP contribution is 2.18. The molecule has 0 spiro atoms. The molecular formula is C20H22N2O3. The quantitative estimate of drug-likeness (QED) is 0.574. The summed E-state index contributed by atoms with van der Waals surface area (Å²) in [6.45, 7) is 6.04. The number of hydrogen-bond acceptors (Lipinski definition) is 4. The van der Waals surface area contributed by atoms with E-state index in [1.54, 1.807) is 31.2 Å². The molecule has 25 heavy (non-hydrogen) atoms. The summed E-state index contributed by atoms with van der Waals surface area (Å²) >= 11 is 0. The van der Waals surface area contributed by atoms with E-state index in [1.165, 1.54) is 0 Å². The van der Waals surface area contributed by atoms with Crippen molar-refractivity contribution < 1.29 is 14.3 Å². The maximum atomic E-state index is 12.2. The highest BCUT2D eigenvalue weighted by atomic mass is 16.5. The number of rotatable bonds is 8. The Hall–Kier alpha value is -2.92. The molecule has 0 aliphatic carbocycles. The van der Waals surface area contributed by atoms with Crippen molar-refractivity contribution in [1.82, 2.24) is 10.9 Å². The van der Waals surface area contributed by atoms with Gasteiger partial charge in [-0.1, -0.05) is 55.1 Å². The Balaban J connectivity index is 2.02. The Morgan fingerprint density at radius 3 is 2.12 bits per heavy atom. The standard InChI is InChI=1S/C20H22N2O3/c1-3-25-20(24)18(14-15(2)16-10-6-4-7-11-16)21-22-19(23)17-12-8-5-9-13-17/h4-13,18,21H,2-3,14H2,1H3,(H,22,23)/t18-/m1/s1. The van der Waals surface area contributed by atoms with Crippen LogP contribution in [-0.4, -0.2) is 24.5 Å². The van der Waals surface area contributed by atoms with Gasteiger partial charge in [-0.25, -0.2) is 5.43 Å². The molecular weight excluding hydrogens is 316 g/mol. The number of carbonyl (C=O) groups is 2. The number of amides is 1. The molecule has 2 aromatic carbocycles. The largest absolute Gasteiger partial charge is 0.465 e. The molecule has 2 rings (SSSR count). The van der Waals surface area contributed by atoms with Crippen molar-refractivity contribution in [3.8, 4) is 0 Å². The van der Waals surface area contributed by atoms with E-state index in [0.717, 1.165) is 11.1 Å². The summed E-state index contributed by atoms with van der Waals surface area (Å²) in [7, 11) is 0. The Labute approximate surface area is 147 Å². The van der Waals surface area contributed by atoms with E-state index in [0.29, 0.717) is 12.0 Å². The highest BCUT2D eigenvalue weighted by Gasteiger charge is 2.22. The van der Waals surface area contributed by atoms with E-state index in [2.05, 4.69) is 17.4 Å². The first-order valence-electron chi connectivity index (χ1n) is 8.12. The molecule has 0 fully saturated rings. The van der Waals surface area contributed by atoms with Gasteiger partial charge < -0.3 is 4.74 Å². The van der Waals surface area contributed by atoms with Gasteiger partial charge in [-0.3, -0.25) is 15.0 Å². The molecule has 1 atom stereocenters. The average Bonchev–Trinajstić information content (AvgIpc) is 2.66. The van der Waals surface area contributed by atoms with Crippen LogP contribution in [0.2, 0.25) is 0 Å². The van der Waals surface area contributed by atoms with Gasteiger partial charge >= 0.3 is 5.97 Å². The molecule has 0 aliphatic rings. The minimum Gasteiger partial charge on any atom is -0.465 e. The van der Waals surface area contributed by atoms with E-state index < -0.39 is 12.0 Å². The fraction of sp³-hybridized carbons (Fsp3) is 0.200. The number of benzene rings is 2. The Bertz CT molecular complexity index is 714. The van der Waals surface area contributed by atoms with Gasteiger partial charge in [0.15, 0.2) is 0 Å². The highest BCUT2D eigenvalue weighted by molar-refractivity contribution is 5.94. The first-order chi connectivity index (χ1) is 12.1. The van der Waals surface area contributed by atoms with Crippen LogP contribution in [0.1, 0.15) is 29.3 Å². The first kappa shape index (κ1) is 18.4. The zero-order chi connectivity index (χ0) is 18.1. The van der Waals surface area contributed by atoms with Crippen LogP contribution >= 0.6 is 0 Å². The summed E-state index contributed by atoms with van der Waals surface area (Å²) in [6.07, 6.45) is 0.317. The van der Waals surface area contributed by atoms with E-state index in [1.807, 2.05) is 36.4 Å². The maximum Gasteiger partial charge on any atom is 0.325 e. The van der Waals surface area contributed by atoms with Crippen molar-refractivity contribution in [3.63, 3.8) is 0 Å². The SMILES string of the molecule is C=C(C[C@@H](NNC(=O)c1ccccc1)C(=O)OCC)c1ccccc1. The minimum atomic E-state index is -0.722. The molecule has 2 N–H and O–H groups in total. The van der Waals surface area contributed by atoms with Crippen LogP contribution < -0.4 is 10.9 Å². The Kier molecular flexibility index (Phi) is 6.92. The molecule has 0 bridgehead atoms. The Morgan fingerprint density at radius 2 is 1.56 bits per heavy atom. The number of esters is 1.